The van der Waals surface area contributed by atoms with Gasteiger partial charge in [0.25, 0.3) is 0 Å². The van der Waals surface area contributed by atoms with Crippen LogP contribution in [0.3, 0.4) is 0 Å². The van der Waals surface area contributed by atoms with E-state index in [9.17, 15) is 9.59 Å². The van der Waals surface area contributed by atoms with Gasteiger partial charge in [0.1, 0.15) is 6.61 Å². The summed E-state index contributed by atoms with van der Waals surface area (Å²) >= 11 is 0. The zero-order valence-electron chi connectivity index (χ0n) is 9.27. The second-order valence-corrected chi connectivity index (χ2v) is 3.14. The maximum absolute atomic E-state index is 11.3. The molecule has 1 aromatic rings. The lowest BCUT2D eigenvalue weighted by molar-refractivity contribution is 0.0698. The lowest BCUT2D eigenvalue weighted by Gasteiger charge is -2.10. The number of aryl methyl sites for hydroxylation is 1. The Bertz CT molecular complexity index is 457. The van der Waals surface area contributed by atoms with Crippen LogP contribution in [-0.4, -0.2) is 28.8 Å². The fourth-order valence-corrected chi connectivity index (χ4v) is 1.18. The van der Waals surface area contributed by atoms with Gasteiger partial charge in [-0.1, -0.05) is 12.7 Å². The number of hydrogen-bond acceptors (Lipinski definition) is 4. The van der Waals surface area contributed by atoms with E-state index in [2.05, 4.69) is 16.9 Å². The number of hydrogen-bond donors (Lipinski definition) is 2. The van der Waals surface area contributed by atoms with Crippen molar-refractivity contribution >= 4 is 17.7 Å². The van der Waals surface area contributed by atoms with Crippen molar-refractivity contribution in [1.82, 2.24) is 4.98 Å². The number of carboxylic acids is 1. The quantitative estimate of drug-likeness (QED) is 0.778. The van der Waals surface area contributed by atoms with E-state index in [1.54, 1.807) is 6.92 Å². The minimum Gasteiger partial charge on any atom is -0.478 e. The average molecular weight is 236 g/mol. The molecule has 0 saturated heterocycles. The number of rotatable bonds is 4. The van der Waals surface area contributed by atoms with Gasteiger partial charge in [0, 0.05) is 6.20 Å². The second-order valence-electron chi connectivity index (χ2n) is 3.14. The number of nitrogens with zero attached hydrogens (tertiary/aromatic N) is 1. The summed E-state index contributed by atoms with van der Waals surface area (Å²) in [7, 11) is 0. The van der Waals surface area contributed by atoms with Gasteiger partial charge < -0.3 is 9.84 Å². The fraction of sp³-hybridized carbons (Fsp3) is 0.182. The number of carboxylic acid groups (broad SMARTS) is 1. The van der Waals surface area contributed by atoms with E-state index < -0.39 is 12.1 Å². The van der Waals surface area contributed by atoms with Crippen LogP contribution >= 0.6 is 0 Å². The van der Waals surface area contributed by atoms with Crippen molar-refractivity contribution in [2.75, 3.05) is 11.9 Å². The number of carbonyl (C=O) groups is 2. The summed E-state index contributed by atoms with van der Waals surface area (Å²) in [6, 6.07) is 1.30. The van der Waals surface area contributed by atoms with E-state index in [0.29, 0.717) is 5.69 Å². The van der Waals surface area contributed by atoms with Gasteiger partial charge in [0.05, 0.1) is 16.9 Å². The summed E-state index contributed by atoms with van der Waals surface area (Å²) in [5.41, 5.74) is 0.502. The Labute approximate surface area is 97.9 Å². The summed E-state index contributed by atoms with van der Waals surface area (Å²) in [6.07, 6.45) is 2.02. The molecule has 1 amide bonds. The number of aromatic nitrogens is 1. The minimum absolute atomic E-state index is 0.0342. The first-order valence-electron chi connectivity index (χ1n) is 4.79. The normalized spacial score (nSPS) is 9.47. The maximum Gasteiger partial charge on any atom is 0.412 e. The van der Waals surface area contributed by atoms with Crippen LogP contribution < -0.4 is 5.32 Å². The third-order valence-electron chi connectivity index (χ3n) is 1.93. The van der Waals surface area contributed by atoms with Crippen LogP contribution in [0, 0.1) is 6.92 Å². The third kappa shape index (κ3) is 3.30. The van der Waals surface area contributed by atoms with Crippen molar-refractivity contribution in [3.63, 3.8) is 0 Å². The summed E-state index contributed by atoms with van der Waals surface area (Å²) in [5, 5.41) is 11.3. The van der Waals surface area contributed by atoms with Gasteiger partial charge in [0.2, 0.25) is 0 Å². The molecule has 1 rings (SSSR count). The van der Waals surface area contributed by atoms with Gasteiger partial charge in [-0.3, -0.25) is 10.3 Å². The Balaban J connectivity index is 2.92. The van der Waals surface area contributed by atoms with Crippen molar-refractivity contribution in [3.8, 4) is 0 Å². The van der Waals surface area contributed by atoms with E-state index >= 15 is 0 Å². The molecule has 0 atom stereocenters. The van der Waals surface area contributed by atoms with E-state index in [1.165, 1.54) is 18.3 Å². The van der Waals surface area contributed by atoms with Gasteiger partial charge in [-0.15, -0.1) is 0 Å². The van der Waals surface area contributed by atoms with Crippen LogP contribution in [0.2, 0.25) is 0 Å². The average Bonchev–Trinajstić information content (AvgIpc) is 2.28. The van der Waals surface area contributed by atoms with Gasteiger partial charge in [-0.25, -0.2) is 9.59 Å². The van der Waals surface area contributed by atoms with Crippen LogP contribution in [0.1, 0.15) is 16.1 Å². The zero-order valence-corrected chi connectivity index (χ0v) is 9.27. The first kappa shape index (κ1) is 12.7. The molecule has 17 heavy (non-hydrogen) atoms. The van der Waals surface area contributed by atoms with Gasteiger partial charge >= 0.3 is 12.1 Å². The molecular weight excluding hydrogens is 224 g/mol. The highest BCUT2D eigenvalue weighted by Crippen LogP contribution is 2.18. The molecule has 0 unspecified atom stereocenters. The molecule has 0 aliphatic rings. The van der Waals surface area contributed by atoms with Gasteiger partial charge in [-0.2, -0.15) is 0 Å². The monoisotopic (exact) mass is 236 g/mol. The van der Waals surface area contributed by atoms with Crippen molar-refractivity contribution in [2.24, 2.45) is 0 Å². The van der Waals surface area contributed by atoms with Gasteiger partial charge in [0.15, 0.2) is 0 Å². The second kappa shape index (κ2) is 5.64. The number of ether oxygens (including phenoxy) is 1. The van der Waals surface area contributed by atoms with Crippen LogP contribution in [0.25, 0.3) is 0 Å². The molecule has 0 aliphatic carbocycles. The number of anilines is 1. The molecule has 90 valence electrons. The predicted molar refractivity (Wildman–Crippen MR) is 61.1 cm³/mol. The predicted octanol–water partition coefficient (Wildman–Crippen LogP) is 1.82. The highest BCUT2D eigenvalue weighted by molar-refractivity contribution is 5.99. The number of amides is 1. The molecule has 0 bridgehead atoms. The Hall–Kier alpha value is -2.37. The summed E-state index contributed by atoms with van der Waals surface area (Å²) in [6.45, 7) is 5.03. The minimum atomic E-state index is -1.14. The molecule has 0 radical (unpaired) electrons. The standard InChI is InChI=1S/C11H12N2O4/c1-3-6-17-11(16)13-9-7(2)12-5-4-8(9)10(14)15/h3-5H,1,6H2,2H3,(H,13,16)(H,14,15). The Morgan fingerprint density at radius 3 is 2.94 bits per heavy atom. The highest BCUT2D eigenvalue weighted by atomic mass is 16.5. The summed E-state index contributed by atoms with van der Waals surface area (Å²) < 4.78 is 4.70. The SMILES string of the molecule is C=CCOC(=O)Nc1c(C(=O)O)ccnc1C. The highest BCUT2D eigenvalue weighted by Gasteiger charge is 2.15. The zero-order chi connectivity index (χ0) is 12.8. The van der Waals surface area contributed by atoms with E-state index in [1.807, 2.05) is 0 Å². The maximum atomic E-state index is 11.3. The van der Waals surface area contributed by atoms with Crippen molar-refractivity contribution in [2.45, 2.75) is 6.92 Å². The Morgan fingerprint density at radius 2 is 2.35 bits per heavy atom. The van der Waals surface area contributed by atoms with Crippen LogP contribution in [-0.2, 0) is 4.74 Å². The van der Waals surface area contributed by atoms with Gasteiger partial charge in [-0.05, 0) is 13.0 Å². The molecule has 6 heteroatoms. The number of nitrogens with one attached hydrogen (secondary N) is 1. The van der Waals surface area contributed by atoms with E-state index in [-0.39, 0.29) is 17.9 Å². The largest absolute Gasteiger partial charge is 0.478 e. The first-order chi connectivity index (χ1) is 8.06. The summed E-state index contributed by atoms with van der Waals surface area (Å²) in [4.78, 5) is 26.1. The molecule has 6 nitrogen and oxygen atoms in total. The van der Waals surface area contributed by atoms with E-state index in [4.69, 9.17) is 9.84 Å². The molecular formula is C11H12N2O4. The number of aromatic carboxylic acids is 1. The fourth-order valence-electron chi connectivity index (χ4n) is 1.18. The van der Waals surface area contributed by atoms with E-state index in [0.717, 1.165) is 0 Å². The van der Waals surface area contributed by atoms with Crippen LogP contribution in [0.5, 0.6) is 0 Å². The number of pyridine rings is 1. The topological polar surface area (TPSA) is 88.5 Å². The van der Waals surface area contributed by atoms with Crippen molar-refractivity contribution in [1.29, 1.82) is 0 Å². The third-order valence-corrected chi connectivity index (χ3v) is 1.93. The Morgan fingerprint density at radius 1 is 1.65 bits per heavy atom. The van der Waals surface area contributed by atoms with Crippen molar-refractivity contribution < 1.29 is 19.4 Å². The smallest absolute Gasteiger partial charge is 0.412 e. The number of carbonyl (C=O) groups excluding carboxylic acids is 1. The van der Waals surface area contributed by atoms with Crippen LogP contribution in [0.15, 0.2) is 24.9 Å². The summed E-state index contributed by atoms with van der Waals surface area (Å²) in [5.74, 6) is -1.14. The molecule has 1 aromatic heterocycles. The lowest BCUT2D eigenvalue weighted by Crippen LogP contribution is -2.17. The molecule has 0 fully saturated rings. The first-order valence-corrected chi connectivity index (χ1v) is 4.79. The van der Waals surface area contributed by atoms with Crippen molar-refractivity contribution in [3.05, 3.63) is 36.2 Å². The molecule has 0 saturated carbocycles. The van der Waals surface area contributed by atoms with Crippen LogP contribution in [0.4, 0.5) is 10.5 Å². The molecule has 0 aromatic carbocycles. The Kier molecular flexibility index (Phi) is 4.21. The molecule has 1 heterocycles. The lowest BCUT2D eigenvalue weighted by atomic mass is 10.2. The molecule has 0 spiro atoms. The molecule has 2 N–H and O–H groups in total. The molecule has 0 aliphatic heterocycles.